The van der Waals surface area contributed by atoms with E-state index in [1.807, 2.05) is 6.07 Å². The van der Waals surface area contributed by atoms with Crippen molar-refractivity contribution in [2.45, 2.75) is 133 Å². The van der Waals surface area contributed by atoms with Gasteiger partial charge in [-0.15, -0.1) is 0 Å². The highest BCUT2D eigenvalue weighted by Crippen LogP contribution is 2.50. The van der Waals surface area contributed by atoms with Crippen molar-refractivity contribution in [1.82, 2.24) is 19.7 Å². The van der Waals surface area contributed by atoms with E-state index in [2.05, 4.69) is 49.3 Å². The van der Waals surface area contributed by atoms with Crippen LogP contribution in [0.2, 0.25) is 0 Å². The number of nitrogens with zero attached hydrogens (tertiary/aromatic N) is 3. The lowest BCUT2D eigenvalue weighted by molar-refractivity contribution is -0.138. The van der Waals surface area contributed by atoms with Gasteiger partial charge in [-0.25, -0.2) is 4.79 Å². The molecule has 0 spiro atoms. The van der Waals surface area contributed by atoms with Crippen molar-refractivity contribution >= 4 is 46.4 Å². The maximum absolute atomic E-state index is 14.7. The zero-order chi connectivity index (χ0) is 40.5. The predicted molar refractivity (Wildman–Crippen MR) is 231 cm³/mol. The fourth-order valence-electron chi connectivity index (χ4n) is 11.8. The smallest absolute Gasteiger partial charge is 0.328 e. The van der Waals surface area contributed by atoms with Crippen molar-refractivity contribution in [3.05, 3.63) is 83.1 Å². The molecule has 2 aromatic carbocycles. The standard InChI is InChI=1S/C49H61N5O5/c55-43(56)21-16-33-14-18-38(19-15-33)50-48(59)49(24-6-7-25-49)51-46(57)36-17-20-41-42(31-36)54-32-37(47(58)53-28-22-39(23-29-53)52-26-8-9-27-52)30-35-12-4-5-13-40(35)45(54)44(41)34-10-2-1-3-11-34/h5,13-21,31,34-35,37,39-40H,1-4,6-12,22-30,32H2,(H,50,59)(H,51,57)(H,55,56)/b21-16+. The zero-order valence-corrected chi connectivity index (χ0v) is 34.5. The van der Waals surface area contributed by atoms with Gasteiger partial charge in [0.1, 0.15) is 5.54 Å². The minimum absolute atomic E-state index is 0.112. The van der Waals surface area contributed by atoms with E-state index in [0.717, 1.165) is 69.6 Å². The molecule has 10 nitrogen and oxygen atoms in total. The first-order valence-electron chi connectivity index (χ1n) is 22.8. The summed E-state index contributed by atoms with van der Waals surface area (Å²) in [6.45, 7) is 4.71. The van der Waals surface area contributed by atoms with Gasteiger partial charge in [0.05, 0.1) is 5.92 Å². The topological polar surface area (TPSA) is 124 Å². The van der Waals surface area contributed by atoms with Gasteiger partial charge >= 0.3 is 5.97 Å². The van der Waals surface area contributed by atoms with Crippen LogP contribution in [-0.4, -0.2) is 80.9 Å². The largest absolute Gasteiger partial charge is 0.478 e. The van der Waals surface area contributed by atoms with E-state index in [0.29, 0.717) is 60.0 Å². The van der Waals surface area contributed by atoms with Crippen LogP contribution in [0.5, 0.6) is 0 Å². The number of carboxylic acids is 1. The van der Waals surface area contributed by atoms with E-state index in [-0.39, 0.29) is 23.7 Å². The maximum atomic E-state index is 14.7. The van der Waals surface area contributed by atoms with Gasteiger partial charge in [-0.1, -0.05) is 62.5 Å². The van der Waals surface area contributed by atoms with Crippen LogP contribution in [0.1, 0.15) is 142 Å². The van der Waals surface area contributed by atoms with Gasteiger partial charge in [-0.2, -0.15) is 0 Å². The van der Waals surface area contributed by atoms with Gasteiger partial charge in [-0.3, -0.25) is 14.4 Å². The van der Waals surface area contributed by atoms with Crippen LogP contribution < -0.4 is 10.6 Å². The van der Waals surface area contributed by atoms with E-state index >= 15 is 0 Å². The van der Waals surface area contributed by atoms with E-state index in [1.165, 1.54) is 80.8 Å². The molecule has 4 heterocycles. The first-order chi connectivity index (χ1) is 28.8. The molecular weight excluding hydrogens is 739 g/mol. The highest BCUT2D eigenvalue weighted by molar-refractivity contribution is 6.05. The van der Waals surface area contributed by atoms with Crippen molar-refractivity contribution in [3.63, 3.8) is 0 Å². The van der Waals surface area contributed by atoms with Gasteiger partial charge in [0.2, 0.25) is 11.8 Å². The Balaban J connectivity index is 1.02. The van der Waals surface area contributed by atoms with Crippen molar-refractivity contribution in [3.8, 4) is 0 Å². The average Bonchev–Trinajstić information content (AvgIpc) is 4.02. The number of benzene rings is 2. The molecular formula is C49H61N5O5. The molecule has 9 rings (SSSR count). The van der Waals surface area contributed by atoms with Gasteiger partial charge in [-0.05, 0) is 137 Å². The quantitative estimate of drug-likeness (QED) is 0.147. The Kier molecular flexibility index (Phi) is 11.5. The summed E-state index contributed by atoms with van der Waals surface area (Å²) >= 11 is 0. The van der Waals surface area contributed by atoms with Crippen LogP contribution >= 0.6 is 0 Å². The van der Waals surface area contributed by atoms with Gasteiger partial charge < -0.3 is 30.1 Å². The third kappa shape index (κ3) is 8.14. The van der Waals surface area contributed by atoms with Crippen molar-refractivity contribution in [1.29, 1.82) is 0 Å². The average molecular weight is 800 g/mol. The molecule has 4 fully saturated rings. The SMILES string of the molecule is O=C(O)/C=C/c1ccc(NC(=O)C2(NC(=O)c3ccc4c(C5CCCCC5)c5n(c4c3)CC(C(=O)N3CCC(N4CCCC4)CC3)CC3CCC=CC53)CCCC2)cc1. The molecule has 59 heavy (non-hydrogen) atoms. The van der Waals surface area contributed by atoms with Crippen LogP contribution in [0, 0.1) is 11.8 Å². The van der Waals surface area contributed by atoms with E-state index in [9.17, 15) is 19.2 Å². The number of aliphatic carboxylic acids is 1. The molecule has 10 heteroatoms. The number of amides is 3. The lowest BCUT2D eigenvalue weighted by atomic mass is 9.74. The summed E-state index contributed by atoms with van der Waals surface area (Å²) in [6.07, 6.45) is 24.0. The van der Waals surface area contributed by atoms with Gasteiger partial charge in [0.25, 0.3) is 5.91 Å². The minimum atomic E-state index is -1.04. The first-order valence-corrected chi connectivity index (χ1v) is 22.8. The normalized spacial score (nSPS) is 25.2. The summed E-state index contributed by atoms with van der Waals surface area (Å²) in [5.41, 5.74) is 4.66. The molecule has 0 radical (unpaired) electrons. The number of likely N-dealkylation sites (tertiary alicyclic amines) is 2. The summed E-state index contributed by atoms with van der Waals surface area (Å²) in [5.74, 6) is -0.212. The lowest BCUT2D eigenvalue weighted by Crippen LogP contribution is -2.55. The monoisotopic (exact) mass is 799 g/mol. The fraction of sp³-hybridized carbons (Fsp3) is 0.551. The second-order valence-corrected chi connectivity index (χ2v) is 18.5. The Morgan fingerprint density at radius 1 is 0.814 bits per heavy atom. The molecule has 3 aliphatic carbocycles. The minimum Gasteiger partial charge on any atom is -0.478 e. The third-order valence-corrected chi connectivity index (χ3v) is 14.9. The molecule has 6 aliphatic rings. The summed E-state index contributed by atoms with van der Waals surface area (Å²) in [5, 5.41) is 16.5. The van der Waals surface area contributed by atoms with Crippen LogP contribution in [0.15, 0.2) is 60.7 Å². The lowest BCUT2D eigenvalue weighted by Gasteiger charge is -2.38. The number of anilines is 1. The highest BCUT2D eigenvalue weighted by Gasteiger charge is 2.44. The zero-order valence-electron chi connectivity index (χ0n) is 34.5. The van der Waals surface area contributed by atoms with Crippen molar-refractivity contribution in [2.75, 3.05) is 31.5 Å². The van der Waals surface area contributed by atoms with Crippen molar-refractivity contribution in [2.24, 2.45) is 11.8 Å². The second kappa shape index (κ2) is 17.1. The number of carboxylic acid groups (broad SMARTS) is 1. The Bertz CT molecular complexity index is 2110. The number of hydrogen-bond donors (Lipinski definition) is 3. The van der Waals surface area contributed by atoms with Gasteiger partial charge in [0.15, 0.2) is 0 Å². The number of carbonyl (C=O) groups is 4. The number of aromatic nitrogens is 1. The summed E-state index contributed by atoms with van der Waals surface area (Å²) < 4.78 is 2.48. The van der Waals surface area contributed by atoms with Crippen molar-refractivity contribution < 1.29 is 24.3 Å². The number of allylic oxidation sites excluding steroid dienone is 2. The molecule has 3 amide bonds. The van der Waals surface area contributed by atoms with Crippen LogP contribution in [0.3, 0.4) is 0 Å². The maximum Gasteiger partial charge on any atom is 0.328 e. The Morgan fingerprint density at radius 2 is 1.56 bits per heavy atom. The van der Waals surface area contributed by atoms with Crippen LogP contribution in [0.25, 0.3) is 17.0 Å². The molecule has 3 aliphatic heterocycles. The Morgan fingerprint density at radius 3 is 2.29 bits per heavy atom. The molecule has 3 N–H and O–H groups in total. The highest BCUT2D eigenvalue weighted by atomic mass is 16.4. The van der Waals surface area contributed by atoms with E-state index in [4.69, 9.17) is 5.11 Å². The summed E-state index contributed by atoms with van der Waals surface area (Å²) in [6, 6.07) is 13.8. The van der Waals surface area contributed by atoms with E-state index < -0.39 is 11.5 Å². The fourth-order valence-corrected chi connectivity index (χ4v) is 11.8. The molecule has 3 aromatic rings. The number of hydrogen-bond acceptors (Lipinski definition) is 5. The number of carbonyl (C=O) groups excluding carboxylic acids is 3. The summed E-state index contributed by atoms with van der Waals surface area (Å²) in [4.78, 5) is 58.9. The van der Waals surface area contributed by atoms with E-state index in [1.54, 1.807) is 24.3 Å². The second-order valence-electron chi connectivity index (χ2n) is 18.5. The molecule has 312 valence electrons. The number of rotatable bonds is 9. The molecule has 0 bridgehead atoms. The predicted octanol–water partition coefficient (Wildman–Crippen LogP) is 8.62. The number of nitrogens with one attached hydrogen (secondary N) is 2. The molecule has 3 unspecified atom stereocenters. The Hall–Kier alpha value is -4.70. The number of piperidine rings is 1. The molecule has 2 saturated carbocycles. The molecule has 1 aromatic heterocycles. The summed E-state index contributed by atoms with van der Waals surface area (Å²) in [7, 11) is 0. The van der Waals surface area contributed by atoms with Crippen LogP contribution in [-0.2, 0) is 20.9 Å². The van der Waals surface area contributed by atoms with Gasteiger partial charge in [0, 0.05) is 65.5 Å². The first kappa shape index (κ1) is 39.7. The Labute approximate surface area is 348 Å². The van der Waals surface area contributed by atoms with Crippen LogP contribution in [0.4, 0.5) is 5.69 Å². The molecule has 2 saturated heterocycles. The third-order valence-electron chi connectivity index (χ3n) is 14.9. The molecule has 3 atom stereocenters. The number of fused-ring (bicyclic) bond motifs is 5.